The van der Waals surface area contributed by atoms with Crippen LogP contribution >= 0.6 is 0 Å². The predicted octanol–water partition coefficient (Wildman–Crippen LogP) is 0.572. The van der Waals surface area contributed by atoms with E-state index in [4.69, 9.17) is 4.74 Å². The fraction of sp³-hybridized carbons (Fsp3) is 0.526. The number of carbonyl (C=O) groups excluding carboxylic acids is 3. The Hall–Kier alpha value is -2.32. The number of nitrogens with zero attached hydrogens (tertiary/aromatic N) is 1. The van der Waals surface area contributed by atoms with Gasteiger partial charge in [0, 0.05) is 6.54 Å². The lowest BCUT2D eigenvalue weighted by molar-refractivity contribution is -0.145. The number of benzene rings is 1. The molecule has 3 fully saturated rings. The SMILES string of the molecule is O=C(CN1C(=O)C2C3CCC(O3)C2C1=O)Nc1ccc2c(c1F)CCNC2. The summed E-state index contributed by atoms with van der Waals surface area (Å²) in [5.41, 5.74) is 1.57. The Kier molecular flexibility index (Phi) is 3.80. The highest BCUT2D eigenvalue weighted by Gasteiger charge is 2.62. The summed E-state index contributed by atoms with van der Waals surface area (Å²) < 4.78 is 20.3. The van der Waals surface area contributed by atoms with E-state index >= 15 is 0 Å². The third-order valence-corrected chi connectivity index (χ3v) is 6.16. The first kappa shape index (κ1) is 16.8. The van der Waals surface area contributed by atoms with Gasteiger partial charge in [-0.15, -0.1) is 0 Å². The number of ether oxygens (including phenoxy) is 1. The van der Waals surface area contributed by atoms with Crippen LogP contribution < -0.4 is 10.6 Å². The topological polar surface area (TPSA) is 87.7 Å². The van der Waals surface area contributed by atoms with Gasteiger partial charge in [-0.3, -0.25) is 19.3 Å². The molecule has 0 aromatic heterocycles. The maximum absolute atomic E-state index is 14.7. The first-order chi connectivity index (χ1) is 13.0. The molecule has 0 aliphatic carbocycles. The van der Waals surface area contributed by atoms with Gasteiger partial charge < -0.3 is 15.4 Å². The predicted molar refractivity (Wildman–Crippen MR) is 92.0 cm³/mol. The molecule has 27 heavy (non-hydrogen) atoms. The van der Waals surface area contributed by atoms with Gasteiger partial charge in [-0.1, -0.05) is 6.07 Å². The summed E-state index contributed by atoms with van der Waals surface area (Å²) in [6, 6.07) is 3.31. The van der Waals surface area contributed by atoms with Crippen LogP contribution in [-0.4, -0.2) is 47.9 Å². The lowest BCUT2D eigenvalue weighted by Gasteiger charge is -2.20. The number of hydrogen-bond acceptors (Lipinski definition) is 5. The van der Waals surface area contributed by atoms with Gasteiger partial charge in [0.1, 0.15) is 12.4 Å². The molecule has 5 rings (SSSR count). The number of anilines is 1. The second-order valence-electron chi connectivity index (χ2n) is 7.64. The first-order valence-corrected chi connectivity index (χ1v) is 9.36. The summed E-state index contributed by atoms with van der Waals surface area (Å²) in [4.78, 5) is 38.6. The third-order valence-electron chi connectivity index (χ3n) is 6.16. The Balaban J connectivity index is 1.30. The Morgan fingerprint density at radius 1 is 1.22 bits per heavy atom. The van der Waals surface area contributed by atoms with E-state index in [2.05, 4.69) is 10.6 Å². The largest absolute Gasteiger partial charge is 0.373 e. The van der Waals surface area contributed by atoms with Crippen LogP contribution in [-0.2, 0) is 32.1 Å². The van der Waals surface area contributed by atoms with Crippen LogP contribution in [0.3, 0.4) is 0 Å². The molecule has 4 aliphatic rings. The number of carbonyl (C=O) groups is 3. The number of fused-ring (bicyclic) bond motifs is 6. The molecule has 7 nitrogen and oxygen atoms in total. The van der Waals surface area contributed by atoms with Crippen molar-refractivity contribution in [1.29, 1.82) is 0 Å². The maximum atomic E-state index is 14.7. The van der Waals surface area contributed by atoms with Crippen molar-refractivity contribution in [2.24, 2.45) is 11.8 Å². The summed E-state index contributed by atoms with van der Waals surface area (Å²) >= 11 is 0. The molecule has 8 heteroatoms. The van der Waals surface area contributed by atoms with Gasteiger partial charge in [0.25, 0.3) is 0 Å². The molecule has 3 amide bonds. The van der Waals surface area contributed by atoms with Crippen molar-refractivity contribution in [2.45, 2.75) is 38.0 Å². The summed E-state index contributed by atoms with van der Waals surface area (Å²) in [6.45, 7) is 0.901. The first-order valence-electron chi connectivity index (χ1n) is 9.36. The normalized spacial score (nSPS) is 31.2. The molecular formula is C19H20FN3O4. The minimum absolute atomic E-state index is 0.0864. The molecule has 4 aliphatic heterocycles. The zero-order valence-corrected chi connectivity index (χ0v) is 14.7. The van der Waals surface area contributed by atoms with Gasteiger partial charge in [0.15, 0.2) is 0 Å². The third kappa shape index (κ3) is 2.50. The van der Waals surface area contributed by atoms with Crippen molar-refractivity contribution >= 4 is 23.4 Å². The van der Waals surface area contributed by atoms with E-state index in [1.807, 2.05) is 0 Å². The minimum Gasteiger partial charge on any atom is -0.373 e. The lowest BCUT2D eigenvalue weighted by atomic mass is 9.81. The molecular weight excluding hydrogens is 353 g/mol. The summed E-state index contributed by atoms with van der Waals surface area (Å²) in [7, 11) is 0. The molecule has 3 saturated heterocycles. The monoisotopic (exact) mass is 373 g/mol. The van der Waals surface area contributed by atoms with Crippen molar-refractivity contribution in [1.82, 2.24) is 10.2 Å². The molecule has 4 atom stereocenters. The van der Waals surface area contributed by atoms with Crippen LogP contribution in [0.5, 0.6) is 0 Å². The number of halogens is 1. The van der Waals surface area contributed by atoms with Crippen molar-refractivity contribution in [3.8, 4) is 0 Å². The van der Waals surface area contributed by atoms with E-state index in [1.165, 1.54) is 6.07 Å². The quantitative estimate of drug-likeness (QED) is 0.757. The van der Waals surface area contributed by atoms with Crippen molar-refractivity contribution in [2.75, 3.05) is 18.4 Å². The standard InChI is InChI=1S/C19H20FN3O4/c20-17-10-5-6-21-7-9(10)1-2-11(17)22-14(24)8-23-18(25)15-12-3-4-13(27-12)16(15)19(23)26/h1-2,12-13,15-16,21H,3-8H2,(H,22,24). The van der Waals surface area contributed by atoms with Crippen LogP contribution in [0.25, 0.3) is 0 Å². The van der Waals surface area contributed by atoms with Gasteiger partial charge in [-0.05, 0) is 43.0 Å². The Labute approximate surface area is 155 Å². The highest BCUT2D eigenvalue weighted by atomic mass is 19.1. The molecule has 142 valence electrons. The van der Waals surface area contributed by atoms with Crippen molar-refractivity contribution in [3.63, 3.8) is 0 Å². The fourth-order valence-corrected chi connectivity index (χ4v) is 4.89. The highest BCUT2D eigenvalue weighted by molar-refractivity contribution is 6.09. The van der Waals surface area contributed by atoms with Crippen molar-refractivity contribution < 1.29 is 23.5 Å². The molecule has 4 unspecified atom stereocenters. The number of hydrogen-bond donors (Lipinski definition) is 2. The van der Waals surface area contributed by atoms with Gasteiger partial charge >= 0.3 is 0 Å². The molecule has 4 heterocycles. The molecule has 0 saturated carbocycles. The van der Waals surface area contributed by atoms with E-state index in [0.29, 0.717) is 25.1 Å². The maximum Gasteiger partial charge on any atom is 0.244 e. The van der Waals surface area contributed by atoms with E-state index in [-0.39, 0.29) is 36.3 Å². The van der Waals surface area contributed by atoms with Gasteiger partial charge in [0.2, 0.25) is 17.7 Å². The second kappa shape index (κ2) is 6.10. The molecule has 2 bridgehead atoms. The minimum atomic E-state index is -0.572. The van der Waals surface area contributed by atoms with Crippen LogP contribution in [0.1, 0.15) is 24.0 Å². The molecule has 0 radical (unpaired) electrons. The Morgan fingerprint density at radius 3 is 2.63 bits per heavy atom. The average molecular weight is 373 g/mol. The number of nitrogens with one attached hydrogen (secondary N) is 2. The fourth-order valence-electron chi connectivity index (χ4n) is 4.89. The van der Waals surface area contributed by atoms with Crippen LogP contribution in [0, 0.1) is 17.7 Å². The van der Waals surface area contributed by atoms with Gasteiger partial charge in [-0.25, -0.2) is 4.39 Å². The summed E-state index contributed by atoms with van der Waals surface area (Å²) in [5.74, 6) is -2.62. The number of amides is 3. The lowest BCUT2D eigenvalue weighted by Crippen LogP contribution is -2.40. The average Bonchev–Trinajstić information content (AvgIpc) is 3.34. The van der Waals surface area contributed by atoms with Crippen LogP contribution in [0.2, 0.25) is 0 Å². The highest BCUT2D eigenvalue weighted by Crippen LogP contribution is 2.48. The number of likely N-dealkylation sites (tertiary alicyclic amines) is 1. The molecule has 0 spiro atoms. The Morgan fingerprint density at radius 2 is 1.93 bits per heavy atom. The summed E-state index contributed by atoms with van der Waals surface area (Å²) in [6.07, 6.45) is 1.69. The molecule has 1 aromatic rings. The summed E-state index contributed by atoms with van der Waals surface area (Å²) in [5, 5.41) is 5.69. The second-order valence-corrected chi connectivity index (χ2v) is 7.64. The number of rotatable bonds is 3. The van der Waals surface area contributed by atoms with E-state index in [9.17, 15) is 18.8 Å². The van der Waals surface area contributed by atoms with E-state index in [1.54, 1.807) is 6.07 Å². The zero-order valence-electron chi connectivity index (χ0n) is 14.7. The number of imide groups is 1. The molecule has 2 N–H and O–H groups in total. The smallest absolute Gasteiger partial charge is 0.244 e. The van der Waals surface area contributed by atoms with E-state index < -0.39 is 23.6 Å². The van der Waals surface area contributed by atoms with Crippen molar-refractivity contribution in [3.05, 3.63) is 29.1 Å². The van der Waals surface area contributed by atoms with Gasteiger partial charge in [-0.2, -0.15) is 0 Å². The Bertz CT molecular complexity index is 830. The van der Waals surface area contributed by atoms with Crippen LogP contribution in [0.4, 0.5) is 10.1 Å². The molecule has 1 aromatic carbocycles. The van der Waals surface area contributed by atoms with Gasteiger partial charge in [0.05, 0.1) is 29.7 Å². The zero-order chi connectivity index (χ0) is 18.7. The van der Waals surface area contributed by atoms with E-state index in [0.717, 1.165) is 23.3 Å². The van der Waals surface area contributed by atoms with Crippen LogP contribution in [0.15, 0.2) is 12.1 Å².